The molecule has 0 bridgehead atoms. The maximum absolute atomic E-state index is 14.0. The van der Waals surface area contributed by atoms with E-state index in [0.29, 0.717) is 50.0 Å². The normalized spacial score (nSPS) is 14.4. The highest BCUT2D eigenvalue weighted by atomic mass is 32.1. The highest BCUT2D eigenvalue weighted by Gasteiger charge is 2.34. The van der Waals surface area contributed by atoms with Crippen LogP contribution < -0.4 is 33.8 Å². The van der Waals surface area contributed by atoms with Crippen LogP contribution in [-0.4, -0.2) is 55.1 Å². The molecule has 0 unspecified atom stereocenters. The number of aromatic nitrogens is 1. The molecule has 4 rings (SSSR count). The predicted molar refractivity (Wildman–Crippen MR) is 160 cm³/mol. The van der Waals surface area contributed by atoms with Gasteiger partial charge in [0, 0.05) is 0 Å². The van der Waals surface area contributed by atoms with Gasteiger partial charge in [-0.05, 0) is 62.2 Å². The van der Waals surface area contributed by atoms with Gasteiger partial charge < -0.3 is 28.8 Å². The summed E-state index contributed by atoms with van der Waals surface area (Å²) in [5, 5.41) is 8.93. The van der Waals surface area contributed by atoms with E-state index in [1.54, 1.807) is 62.4 Å². The van der Waals surface area contributed by atoms with E-state index < -0.39 is 24.6 Å². The highest BCUT2D eigenvalue weighted by molar-refractivity contribution is 7.07. The summed E-state index contributed by atoms with van der Waals surface area (Å²) in [6.45, 7) is 9.23. The van der Waals surface area contributed by atoms with Crippen molar-refractivity contribution in [2.75, 3.05) is 33.5 Å². The third-order valence-electron chi connectivity index (χ3n) is 6.29. The van der Waals surface area contributed by atoms with Crippen molar-refractivity contribution >= 4 is 29.4 Å². The molecule has 0 spiro atoms. The van der Waals surface area contributed by atoms with Gasteiger partial charge in [0.25, 0.3) is 5.56 Å². The van der Waals surface area contributed by atoms with Crippen molar-refractivity contribution in [2.45, 2.75) is 26.8 Å². The molecule has 1 aromatic heterocycles. The van der Waals surface area contributed by atoms with Crippen LogP contribution in [0.4, 0.5) is 0 Å². The topological polar surface area (TPSA) is 135 Å². The minimum absolute atomic E-state index is 0.152. The van der Waals surface area contributed by atoms with Crippen LogP contribution >= 0.6 is 11.3 Å². The summed E-state index contributed by atoms with van der Waals surface area (Å²) >= 11 is 1.17. The van der Waals surface area contributed by atoms with Gasteiger partial charge in [0.15, 0.2) is 34.4 Å². The van der Waals surface area contributed by atoms with Crippen molar-refractivity contribution in [3.8, 4) is 23.0 Å². The number of aliphatic carboxylic acids is 1. The number of ether oxygens (including phenoxy) is 5. The lowest BCUT2D eigenvalue weighted by atomic mass is 9.95. The second-order valence-electron chi connectivity index (χ2n) is 9.13. The van der Waals surface area contributed by atoms with E-state index in [9.17, 15) is 14.4 Å². The lowest BCUT2D eigenvalue weighted by molar-refractivity contribution is -0.140. The van der Waals surface area contributed by atoms with Crippen molar-refractivity contribution in [1.82, 2.24) is 4.57 Å². The smallest absolute Gasteiger partial charge is 0.341 e. The van der Waals surface area contributed by atoms with Crippen LogP contribution in [0.3, 0.4) is 0 Å². The Hall–Kier alpha value is -4.84. The first-order valence-corrected chi connectivity index (χ1v) is 14.3. The molecule has 0 saturated heterocycles. The van der Waals surface area contributed by atoms with E-state index in [4.69, 9.17) is 28.8 Å². The predicted octanol–water partition coefficient (Wildman–Crippen LogP) is 3.23. The van der Waals surface area contributed by atoms with E-state index in [0.717, 1.165) is 0 Å². The number of fused-ring (bicyclic) bond motifs is 1. The Morgan fingerprint density at radius 2 is 1.79 bits per heavy atom. The second kappa shape index (κ2) is 13.9. The number of rotatable bonds is 13. The molecule has 3 aromatic rings. The number of hydrogen-bond acceptors (Lipinski definition) is 10. The third-order valence-corrected chi connectivity index (χ3v) is 7.28. The zero-order chi connectivity index (χ0) is 31.1. The fraction of sp³-hybridized carbons (Fsp3) is 0.290. The summed E-state index contributed by atoms with van der Waals surface area (Å²) in [6.07, 6.45) is 3.30. The molecule has 2 heterocycles. The molecular formula is C31H32N2O9S. The quantitative estimate of drug-likeness (QED) is 0.229. The molecule has 11 nitrogen and oxygen atoms in total. The van der Waals surface area contributed by atoms with E-state index in [1.165, 1.54) is 23.0 Å². The molecule has 12 heteroatoms. The summed E-state index contributed by atoms with van der Waals surface area (Å²) in [5.41, 5.74) is 1.54. The number of benzene rings is 2. The van der Waals surface area contributed by atoms with E-state index in [-0.39, 0.29) is 30.1 Å². The van der Waals surface area contributed by atoms with Crippen LogP contribution in [0.25, 0.3) is 6.08 Å². The largest absolute Gasteiger partial charge is 0.493 e. The standard InChI is InChI=1S/C31H32N2O9S/c1-6-13-41-22-12-10-20(16-24(22)39-7-2)28-27(30(37)40-8-3)18(4)32-31-33(28)29(36)25(43-31)15-19-9-11-21(23(14-19)38-5)42-17-26(34)35/h6,9-12,14-16,28H,1,7-8,13,17H2,2-5H3,(H,34,35)/t28-/m0/s1. The van der Waals surface area contributed by atoms with Gasteiger partial charge in [-0.15, -0.1) is 0 Å². The molecule has 0 aliphatic carbocycles. The summed E-state index contributed by atoms with van der Waals surface area (Å²) in [6, 6.07) is 9.31. The molecule has 1 atom stereocenters. The number of allylic oxidation sites excluding steroid dienone is 1. The number of methoxy groups -OCH3 is 1. The molecule has 2 aromatic carbocycles. The molecule has 0 fully saturated rings. The molecule has 1 N–H and O–H groups in total. The Morgan fingerprint density at radius 1 is 1.05 bits per heavy atom. The number of esters is 1. The van der Waals surface area contributed by atoms with E-state index in [1.807, 2.05) is 6.92 Å². The SMILES string of the molecule is C=CCOc1ccc([C@H]2C(C(=O)OCC)=C(C)N=c3sc(=Cc4ccc(OCC(=O)O)c(OC)c4)c(=O)n32)cc1OCC. The van der Waals surface area contributed by atoms with Gasteiger partial charge in [-0.1, -0.05) is 36.1 Å². The summed E-state index contributed by atoms with van der Waals surface area (Å²) in [7, 11) is 1.44. The molecule has 0 radical (unpaired) electrons. The van der Waals surface area contributed by atoms with Gasteiger partial charge in [-0.25, -0.2) is 14.6 Å². The number of nitrogens with zero attached hydrogens (tertiary/aromatic N) is 2. The fourth-order valence-electron chi connectivity index (χ4n) is 4.52. The average molecular weight is 609 g/mol. The van der Waals surface area contributed by atoms with Crippen molar-refractivity contribution in [3.05, 3.63) is 91.1 Å². The zero-order valence-corrected chi connectivity index (χ0v) is 25.1. The van der Waals surface area contributed by atoms with Crippen LogP contribution in [0.15, 0.2) is 70.1 Å². The molecular weight excluding hydrogens is 576 g/mol. The number of carboxylic acids is 1. The monoisotopic (exact) mass is 608 g/mol. The van der Waals surface area contributed by atoms with Gasteiger partial charge in [0.2, 0.25) is 0 Å². The minimum atomic E-state index is -1.12. The Kier molecular flexibility index (Phi) is 10.0. The molecule has 1 aliphatic heterocycles. The first-order chi connectivity index (χ1) is 20.7. The maximum Gasteiger partial charge on any atom is 0.341 e. The van der Waals surface area contributed by atoms with Crippen molar-refractivity contribution < 1.29 is 38.4 Å². The Morgan fingerprint density at radius 3 is 2.47 bits per heavy atom. The van der Waals surface area contributed by atoms with Gasteiger partial charge in [0.05, 0.1) is 42.2 Å². The number of carbonyl (C=O) groups is 2. The van der Waals surface area contributed by atoms with E-state index >= 15 is 0 Å². The Labute approximate surface area is 251 Å². The number of carbonyl (C=O) groups excluding carboxylic acids is 1. The molecule has 1 aliphatic rings. The van der Waals surface area contributed by atoms with Gasteiger partial charge >= 0.3 is 11.9 Å². The van der Waals surface area contributed by atoms with Crippen LogP contribution in [0.2, 0.25) is 0 Å². The number of thiazole rings is 1. The summed E-state index contributed by atoms with van der Waals surface area (Å²) in [5.74, 6) is -0.173. The van der Waals surface area contributed by atoms with Crippen LogP contribution in [0.5, 0.6) is 23.0 Å². The van der Waals surface area contributed by atoms with Gasteiger partial charge in [-0.2, -0.15) is 0 Å². The Bertz CT molecular complexity index is 1750. The fourth-order valence-corrected chi connectivity index (χ4v) is 5.57. The lowest BCUT2D eigenvalue weighted by Gasteiger charge is -2.25. The molecule has 0 saturated carbocycles. The molecule has 226 valence electrons. The van der Waals surface area contributed by atoms with E-state index in [2.05, 4.69) is 11.6 Å². The second-order valence-corrected chi connectivity index (χ2v) is 10.1. The summed E-state index contributed by atoms with van der Waals surface area (Å²) in [4.78, 5) is 43.1. The van der Waals surface area contributed by atoms with Crippen molar-refractivity contribution in [1.29, 1.82) is 0 Å². The molecule has 0 amide bonds. The van der Waals surface area contributed by atoms with Crippen LogP contribution in [0.1, 0.15) is 37.9 Å². The minimum Gasteiger partial charge on any atom is -0.493 e. The van der Waals surface area contributed by atoms with Crippen molar-refractivity contribution in [2.24, 2.45) is 4.99 Å². The van der Waals surface area contributed by atoms with Crippen molar-refractivity contribution in [3.63, 3.8) is 0 Å². The van der Waals surface area contributed by atoms with Gasteiger partial charge in [0.1, 0.15) is 6.61 Å². The molecule has 43 heavy (non-hydrogen) atoms. The van der Waals surface area contributed by atoms with Gasteiger partial charge in [-0.3, -0.25) is 9.36 Å². The zero-order valence-electron chi connectivity index (χ0n) is 24.2. The van der Waals surface area contributed by atoms with Crippen LogP contribution in [0, 0.1) is 0 Å². The average Bonchev–Trinajstić information content (AvgIpc) is 3.28. The lowest BCUT2D eigenvalue weighted by Crippen LogP contribution is -2.40. The Balaban J connectivity index is 1.87. The number of hydrogen-bond donors (Lipinski definition) is 1. The summed E-state index contributed by atoms with van der Waals surface area (Å²) < 4.78 is 29.5. The highest BCUT2D eigenvalue weighted by Crippen LogP contribution is 2.36. The van der Waals surface area contributed by atoms with Crippen LogP contribution in [-0.2, 0) is 14.3 Å². The maximum atomic E-state index is 14.0. The first-order valence-electron chi connectivity index (χ1n) is 13.4. The number of carboxylic acid groups (broad SMARTS) is 1. The third kappa shape index (κ3) is 6.81. The first kappa shape index (κ1) is 31.1.